The van der Waals surface area contributed by atoms with Crippen LogP contribution in [0, 0.1) is 7.14 Å². The molecule has 1 aromatic carbocycles. The first-order chi connectivity index (χ1) is 6.24. The normalized spacial score (nSPS) is 10.4. The number of rotatable bonds is 4. The summed E-state index contributed by atoms with van der Waals surface area (Å²) in [5, 5.41) is 10.3. The van der Waals surface area contributed by atoms with Gasteiger partial charge in [-0.1, -0.05) is 6.07 Å². The number of aryl methyl sites for hydroxylation is 1. The fraction of sp³-hybridized carbons (Fsp3) is 0.400. The minimum absolute atomic E-state index is 0.0565. The smallest absolute Gasteiger partial charge is 0.0822 e. The molecule has 0 N–H and O–H groups in total. The van der Waals surface area contributed by atoms with Gasteiger partial charge in [-0.25, -0.2) is 5.11 Å². The monoisotopic (exact) mass is 401 g/mol. The van der Waals surface area contributed by atoms with Crippen molar-refractivity contribution in [1.29, 1.82) is 0 Å². The highest BCUT2D eigenvalue weighted by atomic mass is 127. The molecule has 0 aliphatic carbocycles. The van der Waals surface area contributed by atoms with Crippen molar-refractivity contribution in [1.82, 2.24) is 0 Å². The van der Waals surface area contributed by atoms with Gasteiger partial charge in [-0.2, -0.15) is 0 Å². The minimum Gasteiger partial charge on any atom is -0.237 e. The van der Waals surface area contributed by atoms with Gasteiger partial charge in [0.15, 0.2) is 0 Å². The van der Waals surface area contributed by atoms with E-state index in [4.69, 9.17) is 0 Å². The van der Waals surface area contributed by atoms with Crippen LogP contribution in [-0.4, -0.2) is 6.61 Å². The molecular weight excluding hydrogens is 390 g/mol. The van der Waals surface area contributed by atoms with E-state index in [1.165, 1.54) is 12.7 Å². The number of halogens is 2. The average molecular weight is 401 g/mol. The van der Waals surface area contributed by atoms with Crippen molar-refractivity contribution >= 4 is 45.2 Å². The van der Waals surface area contributed by atoms with Crippen LogP contribution in [0.5, 0.6) is 0 Å². The summed E-state index contributed by atoms with van der Waals surface area (Å²) in [6.45, 7) is 0.0565. The highest BCUT2D eigenvalue weighted by Gasteiger charge is 1.99. The van der Waals surface area contributed by atoms with E-state index in [2.05, 4.69) is 63.4 Å². The van der Waals surface area contributed by atoms with Gasteiger partial charge in [-0.3, -0.25) is 0 Å². The number of hydrogen-bond acceptors (Lipinski definition) is 0. The SMILES string of the molecule is [O]CCCCc1ccc(I)cc1I. The van der Waals surface area contributed by atoms with Crippen LogP contribution in [0.2, 0.25) is 0 Å². The zero-order valence-corrected chi connectivity index (χ0v) is 11.5. The van der Waals surface area contributed by atoms with Crippen LogP contribution < -0.4 is 0 Å². The van der Waals surface area contributed by atoms with Crippen LogP contribution in [0.1, 0.15) is 18.4 Å². The summed E-state index contributed by atoms with van der Waals surface area (Å²) < 4.78 is 2.59. The first-order valence-electron chi connectivity index (χ1n) is 4.26. The molecule has 0 amide bonds. The van der Waals surface area contributed by atoms with Gasteiger partial charge in [0.05, 0.1) is 6.61 Å². The zero-order valence-electron chi connectivity index (χ0n) is 7.22. The Bertz CT molecular complexity index is 274. The second-order valence-corrected chi connectivity index (χ2v) is 5.30. The molecule has 0 atom stereocenters. The Hall–Kier alpha value is 0.640. The summed E-state index contributed by atoms with van der Waals surface area (Å²) in [6.07, 6.45) is 2.85. The van der Waals surface area contributed by atoms with Gasteiger partial charge >= 0.3 is 0 Å². The van der Waals surface area contributed by atoms with Crippen molar-refractivity contribution in [3.8, 4) is 0 Å². The lowest BCUT2D eigenvalue weighted by Gasteiger charge is -2.03. The predicted octanol–water partition coefficient (Wildman–Crippen LogP) is 3.65. The molecule has 0 bridgehead atoms. The van der Waals surface area contributed by atoms with Gasteiger partial charge in [0.1, 0.15) is 0 Å². The van der Waals surface area contributed by atoms with Crippen molar-refractivity contribution in [2.24, 2.45) is 0 Å². The van der Waals surface area contributed by atoms with E-state index in [1.54, 1.807) is 0 Å². The van der Waals surface area contributed by atoms with Crippen LogP contribution in [0.3, 0.4) is 0 Å². The maximum atomic E-state index is 10.3. The van der Waals surface area contributed by atoms with Crippen LogP contribution >= 0.6 is 45.2 Å². The highest BCUT2D eigenvalue weighted by Crippen LogP contribution is 2.17. The van der Waals surface area contributed by atoms with E-state index >= 15 is 0 Å². The molecule has 1 radical (unpaired) electrons. The summed E-state index contributed by atoms with van der Waals surface area (Å²) >= 11 is 4.67. The number of benzene rings is 1. The highest BCUT2D eigenvalue weighted by molar-refractivity contribution is 14.1. The molecule has 71 valence electrons. The van der Waals surface area contributed by atoms with Gasteiger partial charge < -0.3 is 0 Å². The maximum absolute atomic E-state index is 10.3. The van der Waals surface area contributed by atoms with Crippen molar-refractivity contribution in [2.75, 3.05) is 6.61 Å². The predicted molar refractivity (Wildman–Crippen MR) is 70.4 cm³/mol. The summed E-state index contributed by atoms with van der Waals surface area (Å²) in [6, 6.07) is 6.46. The van der Waals surface area contributed by atoms with Crippen LogP contribution in [0.15, 0.2) is 18.2 Å². The Morgan fingerprint density at radius 2 is 1.92 bits per heavy atom. The third kappa shape index (κ3) is 4.12. The Labute approximate surface area is 106 Å². The molecule has 0 saturated carbocycles. The molecule has 0 aliphatic heterocycles. The molecule has 0 aliphatic rings. The molecule has 0 heterocycles. The quantitative estimate of drug-likeness (QED) is 0.543. The Morgan fingerprint density at radius 3 is 2.54 bits per heavy atom. The van der Waals surface area contributed by atoms with Gasteiger partial charge in [0.25, 0.3) is 0 Å². The lowest BCUT2D eigenvalue weighted by atomic mass is 10.1. The molecule has 1 rings (SSSR count). The molecule has 13 heavy (non-hydrogen) atoms. The van der Waals surface area contributed by atoms with Crippen molar-refractivity contribution in [3.05, 3.63) is 30.9 Å². The summed E-state index contributed by atoms with van der Waals surface area (Å²) in [5.74, 6) is 0. The molecule has 1 nitrogen and oxygen atoms in total. The van der Waals surface area contributed by atoms with Crippen molar-refractivity contribution in [3.63, 3.8) is 0 Å². The molecule has 0 aromatic heterocycles. The topological polar surface area (TPSA) is 19.9 Å². The molecule has 3 heteroatoms. The summed E-state index contributed by atoms with van der Waals surface area (Å²) in [7, 11) is 0. The van der Waals surface area contributed by atoms with Crippen molar-refractivity contribution in [2.45, 2.75) is 19.3 Å². The Balaban J connectivity index is 2.56. The van der Waals surface area contributed by atoms with E-state index < -0.39 is 0 Å². The van der Waals surface area contributed by atoms with Crippen LogP contribution in [0.4, 0.5) is 0 Å². The Morgan fingerprint density at radius 1 is 1.15 bits per heavy atom. The van der Waals surface area contributed by atoms with Gasteiger partial charge in [-0.15, -0.1) is 0 Å². The fourth-order valence-corrected chi connectivity index (χ4v) is 3.01. The molecule has 0 saturated heterocycles. The molecule has 1 aromatic rings. The average Bonchev–Trinajstić information content (AvgIpc) is 2.09. The van der Waals surface area contributed by atoms with Crippen LogP contribution in [-0.2, 0) is 11.5 Å². The summed E-state index contributed by atoms with van der Waals surface area (Å²) in [4.78, 5) is 0. The largest absolute Gasteiger partial charge is 0.237 e. The van der Waals surface area contributed by atoms with E-state index in [9.17, 15) is 5.11 Å². The molecule has 0 unspecified atom stereocenters. The molecule has 0 spiro atoms. The van der Waals surface area contributed by atoms with E-state index in [-0.39, 0.29) is 6.61 Å². The second kappa shape index (κ2) is 6.19. The standard InChI is InChI=1S/C10H11I2O/c11-9-5-4-8(10(12)7-9)3-1-2-6-13/h4-5,7H,1-3,6H2. The zero-order chi connectivity index (χ0) is 9.68. The molecule has 0 fully saturated rings. The van der Waals surface area contributed by atoms with E-state index in [0.29, 0.717) is 0 Å². The maximum Gasteiger partial charge on any atom is 0.0822 e. The van der Waals surface area contributed by atoms with Gasteiger partial charge in [0, 0.05) is 7.14 Å². The number of unbranched alkanes of at least 4 members (excludes halogenated alkanes) is 1. The van der Waals surface area contributed by atoms with Gasteiger partial charge in [-0.05, 0) is 82.1 Å². The Kier molecular flexibility index (Phi) is 5.57. The van der Waals surface area contributed by atoms with E-state index in [1.807, 2.05) is 0 Å². The van der Waals surface area contributed by atoms with E-state index in [0.717, 1.165) is 19.3 Å². The van der Waals surface area contributed by atoms with Crippen molar-refractivity contribution < 1.29 is 5.11 Å². The first-order valence-corrected chi connectivity index (χ1v) is 6.42. The second-order valence-electron chi connectivity index (χ2n) is 2.90. The third-order valence-corrected chi connectivity index (χ3v) is 3.53. The fourth-order valence-electron chi connectivity index (χ4n) is 1.14. The minimum atomic E-state index is 0.0565. The lowest BCUT2D eigenvalue weighted by molar-refractivity contribution is 0.187. The number of hydrogen-bond donors (Lipinski definition) is 0. The summed E-state index contributed by atoms with van der Waals surface area (Å²) in [5.41, 5.74) is 1.37. The first kappa shape index (κ1) is 11.7. The molecular formula is C10H11I2O. The van der Waals surface area contributed by atoms with Gasteiger partial charge in [0.2, 0.25) is 0 Å². The van der Waals surface area contributed by atoms with Crippen LogP contribution in [0.25, 0.3) is 0 Å². The third-order valence-electron chi connectivity index (χ3n) is 1.86. The lowest BCUT2D eigenvalue weighted by Crippen LogP contribution is -1.91.